The van der Waals surface area contributed by atoms with E-state index in [4.69, 9.17) is 23.2 Å². The molecule has 0 bridgehead atoms. The second kappa shape index (κ2) is 7.30. The van der Waals surface area contributed by atoms with Crippen LogP contribution in [0.5, 0.6) is 0 Å². The second-order valence-corrected chi connectivity index (χ2v) is 5.92. The van der Waals surface area contributed by atoms with Gasteiger partial charge in [0.05, 0.1) is 17.4 Å². The van der Waals surface area contributed by atoms with Gasteiger partial charge in [0.1, 0.15) is 0 Å². The first kappa shape index (κ1) is 16.3. The highest BCUT2D eigenvalue weighted by Gasteiger charge is 2.18. The summed E-state index contributed by atoms with van der Waals surface area (Å²) in [5.74, 6) is 0. The molecule has 5 heteroatoms. The summed E-state index contributed by atoms with van der Waals surface area (Å²) < 4.78 is 2.04. The number of likely N-dealkylation sites (N-methyl/N-ethyl adjacent to an activating group) is 1. The number of halogens is 2. The van der Waals surface area contributed by atoms with E-state index in [1.807, 2.05) is 29.8 Å². The molecule has 0 saturated heterocycles. The predicted molar refractivity (Wildman–Crippen MR) is 89.2 cm³/mol. The van der Waals surface area contributed by atoms with Crippen molar-refractivity contribution < 1.29 is 0 Å². The van der Waals surface area contributed by atoms with Crippen LogP contribution in [0.1, 0.15) is 36.8 Å². The van der Waals surface area contributed by atoms with Crippen LogP contribution in [0.2, 0.25) is 10.0 Å². The van der Waals surface area contributed by atoms with Crippen LogP contribution in [0.15, 0.2) is 24.3 Å². The average molecular weight is 326 g/mol. The summed E-state index contributed by atoms with van der Waals surface area (Å²) in [5.41, 5.74) is 3.27. The molecule has 1 aromatic carbocycles. The van der Waals surface area contributed by atoms with Crippen LogP contribution in [0.25, 0.3) is 0 Å². The Labute approximate surface area is 136 Å². The zero-order chi connectivity index (χ0) is 15.4. The van der Waals surface area contributed by atoms with Gasteiger partial charge in [-0.1, -0.05) is 30.1 Å². The first-order valence-corrected chi connectivity index (χ1v) is 8.02. The number of hydrogen-bond donors (Lipinski definition) is 1. The minimum atomic E-state index is 0.173. The van der Waals surface area contributed by atoms with Gasteiger partial charge in [-0.15, -0.1) is 0 Å². The van der Waals surface area contributed by atoms with E-state index in [1.165, 1.54) is 5.69 Å². The maximum atomic E-state index is 6.30. The van der Waals surface area contributed by atoms with Gasteiger partial charge in [0, 0.05) is 16.6 Å². The molecular weight excluding hydrogens is 305 g/mol. The van der Waals surface area contributed by atoms with Crippen molar-refractivity contribution in [2.24, 2.45) is 0 Å². The molecule has 1 atom stereocenters. The highest BCUT2D eigenvalue weighted by atomic mass is 35.5. The third kappa shape index (κ3) is 4.00. The van der Waals surface area contributed by atoms with Gasteiger partial charge in [0.2, 0.25) is 0 Å². The lowest BCUT2D eigenvalue weighted by Gasteiger charge is -2.20. The maximum absolute atomic E-state index is 6.30. The van der Waals surface area contributed by atoms with Gasteiger partial charge in [-0.2, -0.15) is 5.10 Å². The number of nitrogens with one attached hydrogen (secondary N) is 1. The van der Waals surface area contributed by atoms with E-state index in [1.54, 1.807) is 0 Å². The number of aryl methyl sites for hydroxylation is 2. The van der Waals surface area contributed by atoms with Crippen molar-refractivity contribution in [1.82, 2.24) is 15.1 Å². The topological polar surface area (TPSA) is 29.9 Å². The summed E-state index contributed by atoms with van der Waals surface area (Å²) in [4.78, 5) is 0. The molecular formula is C16H21Cl2N3. The van der Waals surface area contributed by atoms with Crippen LogP contribution >= 0.6 is 23.2 Å². The molecule has 1 N–H and O–H groups in total. The summed E-state index contributed by atoms with van der Waals surface area (Å²) in [5, 5.41) is 9.52. The lowest BCUT2D eigenvalue weighted by molar-refractivity contribution is 0.490. The molecule has 0 spiro atoms. The molecule has 3 nitrogen and oxygen atoms in total. The molecule has 2 aromatic rings. The van der Waals surface area contributed by atoms with E-state index in [-0.39, 0.29) is 6.04 Å². The number of aromatic nitrogens is 2. The maximum Gasteiger partial charge on any atom is 0.0597 e. The van der Waals surface area contributed by atoms with Gasteiger partial charge in [0.15, 0.2) is 0 Å². The van der Waals surface area contributed by atoms with E-state index in [0.717, 1.165) is 35.8 Å². The number of hydrogen-bond acceptors (Lipinski definition) is 2. The van der Waals surface area contributed by atoms with Crippen molar-refractivity contribution in [1.29, 1.82) is 0 Å². The second-order valence-electron chi connectivity index (χ2n) is 5.08. The minimum Gasteiger partial charge on any atom is -0.309 e. The number of benzene rings is 1. The molecule has 0 saturated carbocycles. The van der Waals surface area contributed by atoms with Crippen LogP contribution < -0.4 is 5.32 Å². The standard InChI is InChI=1S/C16H21Cl2N3/c1-4-19-15(16-8-11(3)20-21(16)5-2)10-12-9-13(17)6-7-14(12)18/h6-9,15,19H,4-5,10H2,1-3H3. The van der Waals surface area contributed by atoms with E-state index in [9.17, 15) is 0 Å². The molecule has 2 rings (SSSR count). The van der Waals surface area contributed by atoms with Crippen LogP contribution in [-0.4, -0.2) is 16.3 Å². The summed E-state index contributed by atoms with van der Waals surface area (Å²) in [7, 11) is 0. The lowest BCUT2D eigenvalue weighted by Crippen LogP contribution is -2.25. The molecule has 0 radical (unpaired) electrons. The van der Waals surface area contributed by atoms with E-state index in [0.29, 0.717) is 5.02 Å². The highest BCUT2D eigenvalue weighted by molar-refractivity contribution is 6.33. The monoisotopic (exact) mass is 325 g/mol. The Morgan fingerprint density at radius 3 is 2.67 bits per heavy atom. The van der Waals surface area contributed by atoms with Gasteiger partial charge < -0.3 is 5.32 Å². The van der Waals surface area contributed by atoms with E-state index < -0.39 is 0 Å². The molecule has 1 aromatic heterocycles. The van der Waals surface area contributed by atoms with Crippen LogP contribution in [-0.2, 0) is 13.0 Å². The first-order valence-electron chi connectivity index (χ1n) is 7.26. The Morgan fingerprint density at radius 2 is 2.00 bits per heavy atom. The third-order valence-electron chi connectivity index (χ3n) is 3.47. The lowest BCUT2D eigenvalue weighted by atomic mass is 10.0. The van der Waals surface area contributed by atoms with Crippen LogP contribution in [0.3, 0.4) is 0 Å². The zero-order valence-electron chi connectivity index (χ0n) is 12.7. The molecule has 114 valence electrons. The summed E-state index contributed by atoms with van der Waals surface area (Å²) in [6, 6.07) is 7.91. The fourth-order valence-corrected chi connectivity index (χ4v) is 2.94. The third-order valence-corrected chi connectivity index (χ3v) is 4.08. The highest BCUT2D eigenvalue weighted by Crippen LogP contribution is 2.26. The Kier molecular flexibility index (Phi) is 5.68. The Bertz CT molecular complexity index is 608. The Morgan fingerprint density at radius 1 is 1.24 bits per heavy atom. The fraction of sp³-hybridized carbons (Fsp3) is 0.438. The van der Waals surface area contributed by atoms with E-state index >= 15 is 0 Å². The van der Waals surface area contributed by atoms with Gasteiger partial charge in [-0.3, -0.25) is 4.68 Å². The summed E-state index contributed by atoms with van der Waals surface area (Å²) in [6.45, 7) is 7.97. The molecule has 0 aliphatic rings. The summed E-state index contributed by atoms with van der Waals surface area (Å²) >= 11 is 12.4. The molecule has 0 fully saturated rings. The smallest absolute Gasteiger partial charge is 0.0597 e. The molecule has 0 aliphatic heterocycles. The quantitative estimate of drug-likeness (QED) is 0.852. The van der Waals surface area contributed by atoms with Crippen molar-refractivity contribution in [3.8, 4) is 0 Å². The van der Waals surface area contributed by atoms with Crippen molar-refractivity contribution in [3.63, 3.8) is 0 Å². The number of rotatable bonds is 6. The van der Waals surface area contributed by atoms with Gasteiger partial charge in [-0.05, 0) is 56.6 Å². The SMILES string of the molecule is CCNC(Cc1cc(Cl)ccc1Cl)c1cc(C)nn1CC. The Hall–Kier alpha value is -1.03. The van der Waals surface area contributed by atoms with Crippen molar-refractivity contribution in [2.45, 2.75) is 39.8 Å². The summed E-state index contributed by atoms with van der Waals surface area (Å²) in [6.07, 6.45) is 0.790. The fourth-order valence-electron chi connectivity index (χ4n) is 2.55. The molecule has 1 heterocycles. The van der Waals surface area contributed by atoms with Crippen molar-refractivity contribution in [3.05, 3.63) is 51.3 Å². The molecule has 0 aliphatic carbocycles. The van der Waals surface area contributed by atoms with Crippen molar-refractivity contribution in [2.75, 3.05) is 6.54 Å². The van der Waals surface area contributed by atoms with Gasteiger partial charge in [0.25, 0.3) is 0 Å². The van der Waals surface area contributed by atoms with Crippen LogP contribution in [0, 0.1) is 6.92 Å². The minimum absolute atomic E-state index is 0.173. The Balaban J connectivity index is 2.32. The molecule has 0 amide bonds. The normalized spacial score (nSPS) is 12.6. The molecule has 21 heavy (non-hydrogen) atoms. The van der Waals surface area contributed by atoms with Gasteiger partial charge >= 0.3 is 0 Å². The molecule has 1 unspecified atom stereocenters. The van der Waals surface area contributed by atoms with E-state index in [2.05, 4.69) is 30.3 Å². The first-order chi connectivity index (χ1) is 10.0. The largest absolute Gasteiger partial charge is 0.309 e. The predicted octanol–water partition coefficient (Wildman–Crippen LogP) is 4.41. The van der Waals surface area contributed by atoms with Crippen molar-refractivity contribution >= 4 is 23.2 Å². The average Bonchev–Trinajstić information content (AvgIpc) is 2.83. The zero-order valence-corrected chi connectivity index (χ0v) is 14.2. The number of nitrogens with zero attached hydrogens (tertiary/aromatic N) is 2. The van der Waals surface area contributed by atoms with Crippen LogP contribution in [0.4, 0.5) is 0 Å². The van der Waals surface area contributed by atoms with Gasteiger partial charge in [-0.25, -0.2) is 0 Å².